The largest absolute Gasteiger partial charge is 0.371 e. The van der Waals surface area contributed by atoms with E-state index >= 15 is 0 Å². The van der Waals surface area contributed by atoms with Gasteiger partial charge in [0.25, 0.3) is 0 Å². The Hall–Kier alpha value is -2.69. The van der Waals surface area contributed by atoms with Crippen LogP contribution in [0.25, 0.3) is 21.7 Å². The molecule has 162 valence electrons. The first kappa shape index (κ1) is 18.8. The molecule has 2 atom stereocenters. The smallest absolute Gasteiger partial charge is 0.125 e. The van der Waals surface area contributed by atoms with Crippen molar-refractivity contribution in [2.45, 2.75) is 43.9 Å². The number of benzene rings is 3. The Bertz CT molecular complexity index is 1330. The third-order valence-electron chi connectivity index (χ3n) is 7.88. The molecule has 0 spiro atoms. The Kier molecular flexibility index (Phi) is 4.21. The first-order chi connectivity index (χ1) is 15.7. The molecule has 0 saturated carbocycles. The van der Waals surface area contributed by atoms with E-state index in [1.165, 1.54) is 32.8 Å². The molecule has 0 N–H and O–H groups in total. The van der Waals surface area contributed by atoms with Crippen LogP contribution in [0.4, 0.5) is 4.39 Å². The van der Waals surface area contributed by atoms with E-state index in [1.54, 1.807) is 12.1 Å². The van der Waals surface area contributed by atoms with Gasteiger partial charge in [0.1, 0.15) is 5.82 Å². The normalized spacial score (nSPS) is 23.4. The van der Waals surface area contributed by atoms with E-state index in [0.29, 0.717) is 12.0 Å². The molecule has 1 aliphatic carbocycles. The summed E-state index contributed by atoms with van der Waals surface area (Å²) in [5, 5.41) is 4.06. The van der Waals surface area contributed by atoms with Gasteiger partial charge in [-0.1, -0.05) is 36.4 Å². The Labute approximate surface area is 187 Å². The number of piperidine rings is 1. The highest BCUT2D eigenvalue weighted by Crippen LogP contribution is 2.43. The van der Waals surface area contributed by atoms with Crippen LogP contribution in [0, 0.1) is 5.82 Å². The summed E-state index contributed by atoms with van der Waals surface area (Å²) in [7, 11) is 0. The zero-order chi connectivity index (χ0) is 21.2. The van der Waals surface area contributed by atoms with Crippen molar-refractivity contribution in [2.75, 3.05) is 19.7 Å². The van der Waals surface area contributed by atoms with Gasteiger partial charge >= 0.3 is 0 Å². The van der Waals surface area contributed by atoms with Crippen LogP contribution in [0.1, 0.15) is 41.5 Å². The van der Waals surface area contributed by atoms with Crippen molar-refractivity contribution in [3.63, 3.8) is 0 Å². The first-order valence-corrected chi connectivity index (χ1v) is 11.9. The molecule has 0 amide bonds. The fraction of sp³-hybridized carbons (Fsp3) is 0.357. The van der Waals surface area contributed by atoms with Gasteiger partial charge < -0.3 is 9.30 Å². The predicted octanol–water partition coefficient (Wildman–Crippen LogP) is 5.81. The van der Waals surface area contributed by atoms with Crippen LogP contribution >= 0.6 is 0 Å². The molecule has 1 aromatic heterocycles. The number of fused-ring (bicyclic) bond motifs is 1. The zero-order valence-corrected chi connectivity index (χ0v) is 18.1. The molecule has 3 aliphatic rings. The van der Waals surface area contributed by atoms with Crippen LogP contribution in [0.3, 0.4) is 0 Å². The fourth-order valence-electron chi connectivity index (χ4n) is 6.23. The number of hydrogen-bond donors (Lipinski definition) is 0. The number of hydrogen-bond acceptors (Lipinski definition) is 2. The monoisotopic (exact) mass is 426 g/mol. The number of ether oxygens (including phenoxy) is 1. The molecule has 2 saturated heterocycles. The predicted molar refractivity (Wildman–Crippen MR) is 126 cm³/mol. The molecular formula is C28H27FN2O. The maximum atomic E-state index is 14.0. The van der Waals surface area contributed by atoms with E-state index in [4.69, 9.17) is 4.74 Å². The zero-order valence-electron chi connectivity index (χ0n) is 18.1. The summed E-state index contributed by atoms with van der Waals surface area (Å²) >= 11 is 0. The van der Waals surface area contributed by atoms with Gasteiger partial charge in [0.2, 0.25) is 0 Å². The average Bonchev–Trinajstić information content (AvgIpc) is 3.46. The lowest BCUT2D eigenvalue weighted by Gasteiger charge is -2.36. The lowest BCUT2D eigenvalue weighted by molar-refractivity contribution is 0.155. The molecule has 1 unspecified atom stereocenters. The number of rotatable bonds is 4. The second-order valence-corrected chi connectivity index (χ2v) is 9.75. The second kappa shape index (κ2) is 7.16. The van der Waals surface area contributed by atoms with Crippen LogP contribution in [0.5, 0.6) is 0 Å². The molecule has 2 aliphatic heterocycles. The highest BCUT2D eigenvalue weighted by Gasteiger charge is 2.33. The Morgan fingerprint density at radius 2 is 1.78 bits per heavy atom. The van der Waals surface area contributed by atoms with Crippen molar-refractivity contribution >= 4 is 21.7 Å². The number of epoxide rings is 1. The summed E-state index contributed by atoms with van der Waals surface area (Å²) in [5.41, 5.74) is 5.40. The van der Waals surface area contributed by atoms with Crippen LogP contribution in [0.2, 0.25) is 0 Å². The molecule has 4 heteroatoms. The summed E-state index contributed by atoms with van der Waals surface area (Å²) in [4.78, 5) is 2.70. The maximum absolute atomic E-state index is 14.0. The van der Waals surface area contributed by atoms with Gasteiger partial charge in [-0.05, 0) is 83.9 Å². The van der Waals surface area contributed by atoms with Crippen LogP contribution in [0.15, 0.2) is 60.8 Å². The average molecular weight is 427 g/mol. The summed E-state index contributed by atoms with van der Waals surface area (Å²) in [6, 6.07) is 19.3. The summed E-state index contributed by atoms with van der Waals surface area (Å²) in [5.74, 6) is 0.366. The van der Waals surface area contributed by atoms with Crippen molar-refractivity contribution in [3.05, 3.63) is 83.3 Å². The topological polar surface area (TPSA) is 20.7 Å². The number of nitrogens with zero attached hydrogens (tertiary/aromatic N) is 2. The molecule has 0 radical (unpaired) electrons. The molecule has 3 aromatic carbocycles. The van der Waals surface area contributed by atoms with Crippen molar-refractivity contribution < 1.29 is 9.13 Å². The minimum absolute atomic E-state index is 0.162. The Balaban J connectivity index is 1.15. The molecule has 7 rings (SSSR count). The van der Waals surface area contributed by atoms with Gasteiger partial charge in [-0.2, -0.15) is 0 Å². The van der Waals surface area contributed by atoms with Crippen molar-refractivity contribution in [2.24, 2.45) is 0 Å². The Morgan fingerprint density at radius 3 is 2.59 bits per heavy atom. The van der Waals surface area contributed by atoms with Crippen LogP contribution < -0.4 is 0 Å². The molecule has 3 heterocycles. The van der Waals surface area contributed by atoms with E-state index in [0.717, 1.165) is 51.0 Å². The molecule has 0 bridgehead atoms. The summed E-state index contributed by atoms with van der Waals surface area (Å²) in [6.07, 6.45) is 5.99. The standard InChI is InChI=1S/C28H27FN2O/c29-21-7-8-23-25(16-31(27(23)14-21)15-22-17-32-22)18-9-11-30(12-10-18)26-13-20-5-1-3-19-4-2-6-24(26)28(19)20/h1-8,14,16,18,22,26H,9-13,15,17H2/t22?,26-/m0/s1. The van der Waals surface area contributed by atoms with Gasteiger partial charge in [-0.15, -0.1) is 0 Å². The van der Waals surface area contributed by atoms with Crippen LogP contribution in [-0.2, 0) is 17.7 Å². The van der Waals surface area contributed by atoms with Gasteiger partial charge in [-0.3, -0.25) is 4.90 Å². The van der Waals surface area contributed by atoms with Gasteiger partial charge in [0.15, 0.2) is 0 Å². The molecule has 4 aromatic rings. The minimum Gasteiger partial charge on any atom is -0.371 e. The highest BCUT2D eigenvalue weighted by molar-refractivity contribution is 5.91. The van der Waals surface area contributed by atoms with Crippen molar-refractivity contribution in [1.82, 2.24) is 9.47 Å². The maximum Gasteiger partial charge on any atom is 0.125 e. The van der Waals surface area contributed by atoms with Gasteiger partial charge in [0, 0.05) is 17.6 Å². The van der Waals surface area contributed by atoms with Gasteiger partial charge in [0.05, 0.1) is 24.8 Å². The third-order valence-corrected chi connectivity index (χ3v) is 7.88. The van der Waals surface area contributed by atoms with Crippen molar-refractivity contribution in [1.29, 1.82) is 0 Å². The summed E-state index contributed by atoms with van der Waals surface area (Å²) in [6.45, 7) is 3.86. The molecule has 32 heavy (non-hydrogen) atoms. The SMILES string of the molecule is Fc1ccc2c(C3CCN([C@H]4Cc5cccc6cccc4c56)CC3)cn(CC3CO3)c2c1. The summed E-state index contributed by atoms with van der Waals surface area (Å²) < 4.78 is 21.7. The molecule has 3 nitrogen and oxygen atoms in total. The van der Waals surface area contributed by atoms with Crippen LogP contribution in [-0.4, -0.2) is 35.3 Å². The van der Waals surface area contributed by atoms with E-state index in [9.17, 15) is 4.39 Å². The Morgan fingerprint density at radius 1 is 0.969 bits per heavy atom. The first-order valence-electron chi connectivity index (χ1n) is 11.9. The lowest BCUT2D eigenvalue weighted by Crippen LogP contribution is -2.36. The number of halogens is 1. The van der Waals surface area contributed by atoms with E-state index in [-0.39, 0.29) is 11.9 Å². The third kappa shape index (κ3) is 3.01. The van der Waals surface area contributed by atoms with Crippen molar-refractivity contribution in [3.8, 4) is 0 Å². The molecule has 2 fully saturated rings. The van der Waals surface area contributed by atoms with Gasteiger partial charge in [-0.25, -0.2) is 4.39 Å². The van der Waals surface area contributed by atoms with E-state index in [2.05, 4.69) is 52.1 Å². The second-order valence-electron chi connectivity index (χ2n) is 9.75. The van der Waals surface area contributed by atoms with E-state index < -0.39 is 0 Å². The number of aromatic nitrogens is 1. The quantitative estimate of drug-likeness (QED) is 0.384. The number of likely N-dealkylation sites (tertiary alicyclic amines) is 1. The minimum atomic E-state index is -0.162. The lowest BCUT2D eigenvalue weighted by atomic mass is 9.88. The van der Waals surface area contributed by atoms with E-state index in [1.807, 2.05) is 6.07 Å². The molecular weight excluding hydrogens is 399 g/mol. The highest BCUT2D eigenvalue weighted by atomic mass is 19.1. The fourth-order valence-corrected chi connectivity index (χ4v) is 6.23.